The molecule has 1 heterocycles. The van der Waals surface area contributed by atoms with Gasteiger partial charge in [0.15, 0.2) is 0 Å². The van der Waals surface area contributed by atoms with Crippen molar-refractivity contribution in [3.05, 3.63) is 0 Å². The molecule has 3 atom stereocenters. The summed E-state index contributed by atoms with van der Waals surface area (Å²) in [6, 6.07) is 0. The minimum absolute atomic E-state index is 0.0615. The van der Waals surface area contributed by atoms with Gasteiger partial charge in [-0.05, 0) is 25.7 Å². The molecule has 1 N–H and O–H groups in total. The lowest BCUT2D eigenvalue weighted by atomic mass is 9.70. The highest BCUT2D eigenvalue weighted by molar-refractivity contribution is 5.75. The van der Waals surface area contributed by atoms with Crippen LogP contribution in [0.25, 0.3) is 0 Å². The number of aliphatic carboxylic acids is 1. The van der Waals surface area contributed by atoms with Gasteiger partial charge in [0, 0.05) is 11.8 Å². The van der Waals surface area contributed by atoms with Gasteiger partial charge in [-0.2, -0.15) is 0 Å². The van der Waals surface area contributed by atoms with Crippen molar-refractivity contribution < 1.29 is 19.4 Å². The van der Waals surface area contributed by atoms with Gasteiger partial charge in [-0.15, -0.1) is 0 Å². The SMILES string of the molecule is C[C@@]12CC(=O)O[C@@]1(C)CC[C@H]2CC(=O)O. The highest BCUT2D eigenvalue weighted by Crippen LogP contribution is 2.59. The van der Waals surface area contributed by atoms with Crippen molar-refractivity contribution in [2.75, 3.05) is 0 Å². The Balaban J connectivity index is 2.25. The van der Waals surface area contributed by atoms with E-state index in [9.17, 15) is 9.59 Å². The minimum Gasteiger partial charge on any atom is -0.481 e. The van der Waals surface area contributed by atoms with E-state index in [-0.39, 0.29) is 23.7 Å². The molecule has 1 saturated heterocycles. The van der Waals surface area contributed by atoms with Crippen molar-refractivity contribution in [1.29, 1.82) is 0 Å². The summed E-state index contributed by atoms with van der Waals surface area (Å²) in [6.45, 7) is 3.91. The zero-order chi connectivity index (χ0) is 11.3. The summed E-state index contributed by atoms with van der Waals surface area (Å²) in [5.41, 5.74) is -0.729. The van der Waals surface area contributed by atoms with Crippen molar-refractivity contribution in [1.82, 2.24) is 0 Å². The summed E-state index contributed by atoms with van der Waals surface area (Å²) < 4.78 is 5.36. The maximum Gasteiger partial charge on any atom is 0.307 e. The van der Waals surface area contributed by atoms with Crippen LogP contribution < -0.4 is 0 Å². The summed E-state index contributed by atoms with van der Waals surface area (Å²) in [5, 5.41) is 8.83. The van der Waals surface area contributed by atoms with Crippen LogP contribution in [-0.2, 0) is 14.3 Å². The van der Waals surface area contributed by atoms with Crippen LogP contribution in [0.1, 0.15) is 39.5 Å². The van der Waals surface area contributed by atoms with E-state index < -0.39 is 11.6 Å². The summed E-state index contributed by atoms with van der Waals surface area (Å²) >= 11 is 0. The highest BCUT2D eigenvalue weighted by Gasteiger charge is 2.62. The molecule has 0 bridgehead atoms. The lowest BCUT2D eigenvalue weighted by Gasteiger charge is -2.35. The Bertz CT molecular complexity index is 325. The van der Waals surface area contributed by atoms with Gasteiger partial charge in [0.05, 0.1) is 6.42 Å². The van der Waals surface area contributed by atoms with Gasteiger partial charge in [0.2, 0.25) is 0 Å². The first kappa shape index (κ1) is 10.5. The van der Waals surface area contributed by atoms with E-state index in [1.807, 2.05) is 13.8 Å². The number of carboxylic acid groups (broad SMARTS) is 1. The first-order chi connectivity index (χ1) is 6.87. The smallest absolute Gasteiger partial charge is 0.307 e. The third-order valence-corrected chi connectivity index (χ3v) is 4.35. The lowest BCUT2D eigenvalue weighted by Crippen LogP contribution is -2.39. The maximum atomic E-state index is 11.3. The van der Waals surface area contributed by atoms with Crippen LogP contribution >= 0.6 is 0 Å². The Hall–Kier alpha value is -1.06. The Labute approximate surface area is 88.6 Å². The van der Waals surface area contributed by atoms with Gasteiger partial charge < -0.3 is 9.84 Å². The Morgan fingerprint density at radius 3 is 2.87 bits per heavy atom. The number of ether oxygens (including phenoxy) is 1. The van der Waals surface area contributed by atoms with Crippen LogP contribution in [0, 0.1) is 11.3 Å². The number of carbonyl (C=O) groups is 2. The average Bonchev–Trinajstić information content (AvgIpc) is 2.42. The molecule has 15 heavy (non-hydrogen) atoms. The van der Waals surface area contributed by atoms with Gasteiger partial charge >= 0.3 is 11.9 Å². The molecular weight excluding hydrogens is 196 g/mol. The van der Waals surface area contributed by atoms with Crippen LogP contribution in [-0.4, -0.2) is 22.6 Å². The summed E-state index contributed by atoms with van der Waals surface area (Å²) in [5.74, 6) is -0.911. The molecule has 0 spiro atoms. The van der Waals surface area contributed by atoms with Gasteiger partial charge in [0.25, 0.3) is 0 Å². The molecule has 4 nitrogen and oxygen atoms in total. The van der Waals surface area contributed by atoms with Gasteiger partial charge in [0.1, 0.15) is 5.60 Å². The van der Waals surface area contributed by atoms with Crippen LogP contribution in [0.2, 0.25) is 0 Å². The maximum absolute atomic E-state index is 11.3. The number of carboxylic acids is 1. The van der Waals surface area contributed by atoms with E-state index in [4.69, 9.17) is 9.84 Å². The van der Waals surface area contributed by atoms with Gasteiger partial charge in [-0.1, -0.05) is 6.92 Å². The van der Waals surface area contributed by atoms with E-state index in [1.54, 1.807) is 0 Å². The summed E-state index contributed by atoms with van der Waals surface area (Å²) in [7, 11) is 0. The number of rotatable bonds is 2. The molecule has 0 aromatic heterocycles. The second-order valence-corrected chi connectivity index (χ2v) is 5.13. The standard InChI is InChI=1S/C11H16O4/c1-10-6-9(14)15-11(10,2)4-3-7(10)5-8(12)13/h7H,3-6H2,1-2H3,(H,12,13)/t7-,10-,11-/m0/s1. The lowest BCUT2D eigenvalue weighted by molar-refractivity contribution is -0.148. The fourth-order valence-corrected chi connectivity index (χ4v) is 3.11. The van der Waals surface area contributed by atoms with E-state index in [2.05, 4.69) is 0 Å². The molecule has 1 aliphatic heterocycles. The molecule has 1 saturated carbocycles. The molecular formula is C11H16O4. The molecule has 4 heteroatoms. The third kappa shape index (κ3) is 1.34. The quantitative estimate of drug-likeness (QED) is 0.706. The molecule has 0 unspecified atom stereocenters. The van der Waals surface area contributed by atoms with Crippen molar-refractivity contribution >= 4 is 11.9 Å². The molecule has 0 aromatic rings. The van der Waals surface area contributed by atoms with Crippen molar-refractivity contribution in [3.63, 3.8) is 0 Å². The van der Waals surface area contributed by atoms with Crippen LogP contribution in [0.3, 0.4) is 0 Å². The predicted molar refractivity (Wildman–Crippen MR) is 52.2 cm³/mol. The fraction of sp³-hybridized carbons (Fsp3) is 0.818. The van der Waals surface area contributed by atoms with E-state index in [0.29, 0.717) is 6.42 Å². The molecule has 0 amide bonds. The fourth-order valence-electron chi connectivity index (χ4n) is 3.11. The number of hydrogen-bond acceptors (Lipinski definition) is 3. The minimum atomic E-state index is -0.787. The summed E-state index contributed by atoms with van der Waals surface area (Å²) in [4.78, 5) is 22.1. The molecule has 0 radical (unpaired) electrons. The first-order valence-electron chi connectivity index (χ1n) is 5.31. The zero-order valence-electron chi connectivity index (χ0n) is 9.08. The van der Waals surface area contributed by atoms with Crippen molar-refractivity contribution in [2.45, 2.75) is 45.1 Å². The molecule has 2 rings (SSSR count). The van der Waals surface area contributed by atoms with E-state index >= 15 is 0 Å². The van der Waals surface area contributed by atoms with Crippen molar-refractivity contribution in [2.24, 2.45) is 11.3 Å². The summed E-state index contributed by atoms with van der Waals surface area (Å²) in [6.07, 6.45) is 2.13. The van der Waals surface area contributed by atoms with Crippen LogP contribution in [0.4, 0.5) is 0 Å². The van der Waals surface area contributed by atoms with Gasteiger partial charge in [-0.3, -0.25) is 9.59 Å². The Morgan fingerprint density at radius 2 is 2.27 bits per heavy atom. The highest BCUT2D eigenvalue weighted by atomic mass is 16.6. The number of hydrogen-bond donors (Lipinski definition) is 1. The first-order valence-corrected chi connectivity index (χ1v) is 5.31. The second kappa shape index (κ2) is 2.97. The van der Waals surface area contributed by atoms with E-state index in [0.717, 1.165) is 12.8 Å². The Kier molecular flexibility index (Phi) is 2.07. The number of esters is 1. The monoisotopic (exact) mass is 212 g/mol. The average molecular weight is 212 g/mol. The molecule has 1 aliphatic carbocycles. The number of fused-ring (bicyclic) bond motifs is 1. The zero-order valence-corrected chi connectivity index (χ0v) is 9.08. The van der Waals surface area contributed by atoms with Crippen LogP contribution in [0.15, 0.2) is 0 Å². The normalized spacial score (nSPS) is 43.9. The number of carbonyl (C=O) groups excluding carboxylic acids is 1. The Morgan fingerprint density at radius 1 is 1.60 bits per heavy atom. The third-order valence-electron chi connectivity index (χ3n) is 4.35. The van der Waals surface area contributed by atoms with Crippen LogP contribution in [0.5, 0.6) is 0 Å². The largest absolute Gasteiger partial charge is 0.481 e. The van der Waals surface area contributed by atoms with Crippen molar-refractivity contribution in [3.8, 4) is 0 Å². The topological polar surface area (TPSA) is 63.6 Å². The predicted octanol–water partition coefficient (Wildman–Crippen LogP) is 1.58. The molecule has 2 fully saturated rings. The second-order valence-electron chi connectivity index (χ2n) is 5.13. The molecule has 0 aromatic carbocycles. The molecule has 84 valence electrons. The molecule has 2 aliphatic rings. The van der Waals surface area contributed by atoms with E-state index in [1.165, 1.54) is 0 Å². The van der Waals surface area contributed by atoms with Gasteiger partial charge in [-0.25, -0.2) is 0 Å².